The summed E-state index contributed by atoms with van der Waals surface area (Å²) in [4.78, 5) is 21.5. The van der Waals surface area contributed by atoms with Crippen LogP contribution in [0.3, 0.4) is 0 Å². The quantitative estimate of drug-likeness (QED) is 0.635. The summed E-state index contributed by atoms with van der Waals surface area (Å²) in [5.41, 5.74) is 0.426. The summed E-state index contributed by atoms with van der Waals surface area (Å²) in [7, 11) is 1.72. The molecule has 0 atom stereocenters. The van der Waals surface area contributed by atoms with Crippen molar-refractivity contribution in [3.63, 3.8) is 0 Å². The normalized spacial score (nSPS) is 14.4. The first-order valence-electron chi connectivity index (χ1n) is 6.91. The van der Waals surface area contributed by atoms with Crippen LogP contribution in [0.25, 0.3) is 0 Å². The second kappa shape index (κ2) is 5.60. The summed E-state index contributed by atoms with van der Waals surface area (Å²) in [5, 5.41) is 14.2. The van der Waals surface area contributed by atoms with Crippen LogP contribution in [0, 0.1) is 23.0 Å². The Balaban J connectivity index is 2.50. The molecular formula is C13H21N5O2. The van der Waals surface area contributed by atoms with Gasteiger partial charge in [-0.05, 0) is 25.7 Å². The van der Waals surface area contributed by atoms with Crippen molar-refractivity contribution >= 4 is 17.5 Å². The third-order valence-corrected chi connectivity index (χ3v) is 3.27. The SMILES string of the molecule is CNc1nc(C)c([N+](=O)[O-])c(N(CC(C)C)C2CC2)n1. The van der Waals surface area contributed by atoms with Gasteiger partial charge in [-0.15, -0.1) is 0 Å². The van der Waals surface area contributed by atoms with Crippen LogP contribution < -0.4 is 10.2 Å². The van der Waals surface area contributed by atoms with Crippen LogP contribution in [0.15, 0.2) is 0 Å². The highest BCUT2D eigenvalue weighted by Gasteiger charge is 2.36. The highest BCUT2D eigenvalue weighted by atomic mass is 16.6. The van der Waals surface area contributed by atoms with E-state index in [9.17, 15) is 10.1 Å². The largest absolute Gasteiger partial charge is 0.357 e. The van der Waals surface area contributed by atoms with Crippen molar-refractivity contribution in [1.29, 1.82) is 0 Å². The molecule has 0 bridgehead atoms. The van der Waals surface area contributed by atoms with E-state index in [-0.39, 0.29) is 10.6 Å². The fraction of sp³-hybridized carbons (Fsp3) is 0.692. The first-order valence-corrected chi connectivity index (χ1v) is 6.91. The minimum atomic E-state index is -0.375. The molecule has 1 aromatic heterocycles. The van der Waals surface area contributed by atoms with Gasteiger partial charge >= 0.3 is 5.69 Å². The van der Waals surface area contributed by atoms with Crippen molar-refractivity contribution in [2.24, 2.45) is 5.92 Å². The molecule has 1 saturated carbocycles. The van der Waals surface area contributed by atoms with E-state index in [1.54, 1.807) is 14.0 Å². The molecule has 1 aliphatic carbocycles. The summed E-state index contributed by atoms with van der Waals surface area (Å²) in [5.74, 6) is 1.30. The van der Waals surface area contributed by atoms with Gasteiger partial charge in [0.25, 0.3) is 0 Å². The molecule has 7 heteroatoms. The van der Waals surface area contributed by atoms with Crippen LogP contribution in [0.5, 0.6) is 0 Å². The number of nitrogens with one attached hydrogen (secondary N) is 1. The zero-order chi connectivity index (χ0) is 14.9. The topological polar surface area (TPSA) is 84.2 Å². The molecule has 0 unspecified atom stereocenters. The van der Waals surface area contributed by atoms with E-state index in [0.717, 1.165) is 19.4 Å². The summed E-state index contributed by atoms with van der Waals surface area (Å²) >= 11 is 0. The minimum absolute atomic E-state index is 0.0246. The molecule has 2 rings (SSSR count). The number of rotatable bonds is 6. The second-order valence-electron chi connectivity index (χ2n) is 5.59. The first-order chi connectivity index (χ1) is 9.43. The number of anilines is 2. The highest BCUT2D eigenvalue weighted by molar-refractivity contribution is 5.63. The molecule has 1 fully saturated rings. The Morgan fingerprint density at radius 1 is 1.45 bits per heavy atom. The molecule has 0 aromatic carbocycles. The number of nitro groups is 1. The fourth-order valence-electron chi connectivity index (χ4n) is 2.27. The molecule has 1 aliphatic rings. The summed E-state index contributed by atoms with van der Waals surface area (Å²) < 4.78 is 0. The zero-order valence-corrected chi connectivity index (χ0v) is 12.4. The average Bonchev–Trinajstić information content (AvgIpc) is 3.18. The molecular weight excluding hydrogens is 258 g/mol. The Morgan fingerprint density at radius 3 is 2.55 bits per heavy atom. The van der Waals surface area contributed by atoms with E-state index in [1.165, 1.54) is 0 Å². The van der Waals surface area contributed by atoms with Crippen LogP contribution in [0.2, 0.25) is 0 Å². The molecule has 1 aromatic rings. The van der Waals surface area contributed by atoms with E-state index in [0.29, 0.717) is 29.4 Å². The lowest BCUT2D eigenvalue weighted by Crippen LogP contribution is -2.31. The van der Waals surface area contributed by atoms with Crippen molar-refractivity contribution < 1.29 is 4.92 Å². The van der Waals surface area contributed by atoms with Crippen molar-refractivity contribution in [2.75, 3.05) is 23.8 Å². The van der Waals surface area contributed by atoms with Crippen molar-refractivity contribution in [2.45, 2.75) is 39.7 Å². The molecule has 0 spiro atoms. The predicted molar refractivity (Wildman–Crippen MR) is 78.2 cm³/mol. The Hall–Kier alpha value is -1.92. The highest BCUT2D eigenvalue weighted by Crippen LogP contribution is 2.37. The minimum Gasteiger partial charge on any atom is -0.357 e. The molecule has 20 heavy (non-hydrogen) atoms. The summed E-state index contributed by atoms with van der Waals surface area (Å²) in [6, 6.07) is 0.370. The monoisotopic (exact) mass is 279 g/mol. The van der Waals surface area contributed by atoms with Gasteiger partial charge in [0.2, 0.25) is 11.8 Å². The van der Waals surface area contributed by atoms with Crippen LogP contribution in [0.1, 0.15) is 32.4 Å². The molecule has 0 radical (unpaired) electrons. The van der Waals surface area contributed by atoms with Gasteiger partial charge in [0.1, 0.15) is 5.69 Å². The van der Waals surface area contributed by atoms with Crippen molar-refractivity contribution in [1.82, 2.24) is 9.97 Å². The first kappa shape index (κ1) is 14.5. The summed E-state index contributed by atoms with van der Waals surface area (Å²) in [6.07, 6.45) is 2.14. The maximum atomic E-state index is 11.4. The summed E-state index contributed by atoms with van der Waals surface area (Å²) in [6.45, 7) is 6.64. The van der Waals surface area contributed by atoms with Crippen LogP contribution in [-0.2, 0) is 0 Å². The van der Waals surface area contributed by atoms with Gasteiger partial charge in [0.15, 0.2) is 0 Å². The number of hydrogen-bond acceptors (Lipinski definition) is 6. The molecule has 0 amide bonds. The zero-order valence-electron chi connectivity index (χ0n) is 12.4. The molecule has 0 aliphatic heterocycles. The van der Waals surface area contributed by atoms with Gasteiger partial charge < -0.3 is 10.2 Å². The van der Waals surface area contributed by atoms with Gasteiger partial charge in [0.05, 0.1) is 4.92 Å². The van der Waals surface area contributed by atoms with Crippen molar-refractivity contribution in [3.05, 3.63) is 15.8 Å². The van der Waals surface area contributed by atoms with Crippen LogP contribution >= 0.6 is 0 Å². The van der Waals surface area contributed by atoms with E-state index < -0.39 is 0 Å². The lowest BCUT2D eigenvalue weighted by molar-refractivity contribution is -0.385. The molecule has 7 nitrogen and oxygen atoms in total. The molecule has 0 saturated heterocycles. The van der Waals surface area contributed by atoms with Crippen molar-refractivity contribution in [3.8, 4) is 0 Å². The number of aromatic nitrogens is 2. The van der Waals surface area contributed by atoms with E-state index >= 15 is 0 Å². The van der Waals surface area contributed by atoms with Gasteiger partial charge in [0, 0.05) is 19.6 Å². The van der Waals surface area contributed by atoms with E-state index in [2.05, 4.69) is 34.0 Å². The standard InChI is InChI=1S/C13H21N5O2/c1-8(2)7-17(10-5-6-10)12-11(18(19)20)9(3)15-13(14-4)16-12/h8,10H,5-7H2,1-4H3,(H,14,15,16). The van der Waals surface area contributed by atoms with E-state index in [4.69, 9.17) is 0 Å². The maximum absolute atomic E-state index is 11.4. The Morgan fingerprint density at radius 2 is 2.10 bits per heavy atom. The smallest absolute Gasteiger partial charge is 0.332 e. The van der Waals surface area contributed by atoms with Gasteiger partial charge in [-0.2, -0.15) is 4.98 Å². The number of nitrogens with zero attached hydrogens (tertiary/aromatic N) is 4. The molecule has 110 valence electrons. The van der Waals surface area contributed by atoms with Gasteiger partial charge in [-0.25, -0.2) is 4.98 Å². The Bertz CT molecular complexity index is 514. The fourth-order valence-corrected chi connectivity index (χ4v) is 2.27. The Kier molecular flexibility index (Phi) is 4.06. The lowest BCUT2D eigenvalue weighted by atomic mass is 10.2. The average molecular weight is 279 g/mol. The van der Waals surface area contributed by atoms with Crippen LogP contribution in [0.4, 0.5) is 17.5 Å². The van der Waals surface area contributed by atoms with Gasteiger partial charge in [-0.3, -0.25) is 10.1 Å². The predicted octanol–water partition coefficient (Wildman–Crippen LogP) is 2.36. The second-order valence-corrected chi connectivity index (χ2v) is 5.59. The van der Waals surface area contributed by atoms with E-state index in [1.807, 2.05) is 0 Å². The third kappa shape index (κ3) is 2.97. The third-order valence-electron chi connectivity index (χ3n) is 3.27. The van der Waals surface area contributed by atoms with Gasteiger partial charge in [-0.1, -0.05) is 13.8 Å². The number of aryl methyl sites for hydroxylation is 1. The van der Waals surface area contributed by atoms with Crippen LogP contribution in [-0.4, -0.2) is 34.5 Å². The number of hydrogen-bond donors (Lipinski definition) is 1. The Labute approximate surface area is 118 Å². The lowest BCUT2D eigenvalue weighted by Gasteiger charge is -2.25. The molecule has 1 N–H and O–H groups in total. The molecule has 1 heterocycles. The maximum Gasteiger partial charge on any atom is 0.332 e.